The summed E-state index contributed by atoms with van der Waals surface area (Å²) < 4.78 is 51.7. The molecule has 0 bridgehead atoms. The molecule has 12 nitrogen and oxygen atoms in total. The first-order valence-corrected chi connectivity index (χ1v) is 20.1. The Hall–Kier alpha value is -4.57. The van der Waals surface area contributed by atoms with Crippen molar-refractivity contribution in [1.82, 2.24) is 19.9 Å². The first-order chi connectivity index (χ1) is 26.8. The molecule has 0 aliphatic carbocycles. The molecule has 5 aromatic rings. The second-order valence-electron chi connectivity index (χ2n) is 15.2. The van der Waals surface area contributed by atoms with E-state index in [1.165, 1.54) is 11.3 Å². The number of thiophene rings is 1. The summed E-state index contributed by atoms with van der Waals surface area (Å²) in [6, 6.07) is 7.79. The maximum Gasteiger partial charge on any atom is 0.324 e. The van der Waals surface area contributed by atoms with E-state index in [2.05, 4.69) is 15.2 Å². The van der Waals surface area contributed by atoms with Crippen molar-refractivity contribution in [2.75, 3.05) is 42.4 Å². The van der Waals surface area contributed by atoms with Gasteiger partial charge in [-0.1, -0.05) is 29.8 Å². The molecule has 0 amide bonds. The number of nitrogens with one attached hydrogen (secondary N) is 1. The van der Waals surface area contributed by atoms with Gasteiger partial charge < -0.3 is 35.9 Å². The van der Waals surface area contributed by atoms with Crippen LogP contribution >= 0.6 is 22.9 Å². The summed E-state index contributed by atoms with van der Waals surface area (Å²) in [6.45, 7) is 10.6. The Labute approximate surface area is 332 Å². The quantitative estimate of drug-likeness (QED) is 0.0944. The minimum Gasteiger partial charge on any atom is -0.486 e. The molecule has 3 aliphatic heterocycles. The summed E-state index contributed by atoms with van der Waals surface area (Å²) in [6.07, 6.45) is 2.29. The van der Waals surface area contributed by atoms with Crippen LogP contribution in [0.5, 0.6) is 11.8 Å². The zero-order valence-corrected chi connectivity index (χ0v) is 33.4. The van der Waals surface area contributed by atoms with Gasteiger partial charge in [0.15, 0.2) is 18.3 Å². The van der Waals surface area contributed by atoms with Crippen molar-refractivity contribution in [1.29, 1.82) is 0 Å². The number of alkyl halides is 1. The summed E-state index contributed by atoms with van der Waals surface area (Å²) in [7, 11) is 0. The highest BCUT2D eigenvalue weighted by Gasteiger charge is 2.49. The molecule has 8 rings (SSSR count). The number of carbonyl (C=O) groups is 1. The number of fused-ring (bicyclic) bond motifs is 2. The van der Waals surface area contributed by atoms with Gasteiger partial charge in [-0.15, -0.1) is 11.3 Å². The van der Waals surface area contributed by atoms with E-state index in [4.69, 9.17) is 47.2 Å². The Morgan fingerprint density at radius 2 is 2.02 bits per heavy atom. The van der Waals surface area contributed by atoms with E-state index in [-0.39, 0.29) is 47.2 Å². The van der Waals surface area contributed by atoms with E-state index in [0.29, 0.717) is 35.6 Å². The van der Waals surface area contributed by atoms with Gasteiger partial charge in [-0.2, -0.15) is 9.97 Å². The lowest BCUT2D eigenvalue weighted by atomic mass is 9.95. The van der Waals surface area contributed by atoms with Crippen LogP contribution in [-0.4, -0.2) is 82.1 Å². The molecule has 0 spiro atoms. The number of nitrogen functional groups attached to an aromatic ring is 1. The summed E-state index contributed by atoms with van der Waals surface area (Å²) in [5.74, 6) is -0.240. The van der Waals surface area contributed by atoms with Crippen LogP contribution in [0.15, 0.2) is 36.5 Å². The van der Waals surface area contributed by atoms with E-state index in [0.717, 1.165) is 45.6 Å². The first-order valence-electron chi connectivity index (χ1n) is 18.9. The SMILES string of the molecule is Cc1c(NCOC(=O)C(C)N)sc2cccc(-c3c(Cl)c4c5c(nc(OC[C@@]67CCCN6C[C@H](F)C7)nc5c3F)N(C(C)c3cccnc3N)C(C)C(C)O4)c12. The fourth-order valence-electron chi connectivity index (χ4n) is 8.64. The molecule has 0 radical (unpaired) electrons. The van der Waals surface area contributed by atoms with E-state index in [1.54, 1.807) is 13.1 Å². The number of pyridine rings is 1. The molecule has 0 saturated carbocycles. The normalized spacial score (nSPS) is 23.2. The average molecular weight is 807 g/mol. The average Bonchev–Trinajstić information content (AvgIpc) is 3.79. The maximum absolute atomic E-state index is 17.7. The summed E-state index contributed by atoms with van der Waals surface area (Å²) in [5, 5.41) is 5.03. The molecule has 3 aliphatic rings. The smallest absolute Gasteiger partial charge is 0.324 e. The number of halogens is 3. The van der Waals surface area contributed by atoms with Crippen LogP contribution < -0.4 is 31.2 Å². The third-order valence-electron chi connectivity index (χ3n) is 11.6. The van der Waals surface area contributed by atoms with Gasteiger partial charge >= 0.3 is 12.0 Å². The Morgan fingerprint density at radius 1 is 1.21 bits per heavy atom. The van der Waals surface area contributed by atoms with Crippen LogP contribution in [0.3, 0.4) is 0 Å². The topological polar surface area (TPSA) is 154 Å². The molecule has 6 atom stereocenters. The van der Waals surface area contributed by atoms with Gasteiger partial charge in [-0.3, -0.25) is 9.69 Å². The minimum atomic E-state index is -0.949. The monoisotopic (exact) mass is 806 g/mol. The summed E-state index contributed by atoms with van der Waals surface area (Å²) >= 11 is 8.77. The number of nitrogens with zero attached hydrogens (tertiary/aromatic N) is 5. The van der Waals surface area contributed by atoms with Crippen molar-refractivity contribution in [3.05, 3.63) is 58.5 Å². The molecule has 2 fully saturated rings. The van der Waals surface area contributed by atoms with Crippen LogP contribution in [0.4, 0.5) is 25.4 Å². The highest BCUT2D eigenvalue weighted by molar-refractivity contribution is 7.23. The fraction of sp³-hybridized carbons (Fsp3) is 0.450. The van der Waals surface area contributed by atoms with Gasteiger partial charge in [-0.05, 0) is 77.3 Å². The van der Waals surface area contributed by atoms with E-state index < -0.39 is 41.7 Å². The molecule has 2 saturated heterocycles. The van der Waals surface area contributed by atoms with Crippen molar-refractivity contribution >= 4 is 66.5 Å². The van der Waals surface area contributed by atoms with Gasteiger partial charge in [0, 0.05) is 40.4 Å². The van der Waals surface area contributed by atoms with Crippen LogP contribution in [0, 0.1) is 12.7 Å². The Balaban J connectivity index is 1.31. The Morgan fingerprint density at radius 3 is 2.79 bits per heavy atom. The predicted molar refractivity (Wildman–Crippen MR) is 216 cm³/mol. The van der Waals surface area contributed by atoms with Crippen molar-refractivity contribution in [2.45, 2.75) is 89.8 Å². The summed E-state index contributed by atoms with van der Waals surface area (Å²) in [5.41, 5.74) is 13.8. The number of hydrogen-bond donors (Lipinski definition) is 3. The lowest BCUT2D eigenvalue weighted by molar-refractivity contribution is -0.143. The first kappa shape index (κ1) is 38.3. The van der Waals surface area contributed by atoms with Gasteiger partial charge in [0.1, 0.15) is 42.1 Å². The molecule has 4 unspecified atom stereocenters. The number of aryl methyl sites for hydroxylation is 1. The second-order valence-corrected chi connectivity index (χ2v) is 16.6. The molecule has 296 valence electrons. The predicted octanol–water partition coefficient (Wildman–Crippen LogP) is 7.54. The van der Waals surface area contributed by atoms with Crippen LogP contribution in [0.25, 0.3) is 32.1 Å². The van der Waals surface area contributed by atoms with Crippen molar-refractivity contribution in [3.8, 4) is 22.9 Å². The van der Waals surface area contributed by atoms with Crippen LogP contribution in [-0.2, 0) is 9.53 Å². The number of nitrogens with two attached hydrogens (primary N) is 2. The number of esters is 1. The minimum absolute atomic E-state index is 0.0290. The molecule has 56 heavy (non-hydrogen) atoms. The standard InChI is InChI=1S/C40H45ClF2N8O4S/c1-19-28-26(9-6-11-27(28)56-37(19)47-18-54-38(52)20(2)44)29-31(41)34-30-33(32(29)43)48-39(53-17-40-12-8-14-50(40)16-24(42)15-40)49-36(30)51(21(3)23(5)55-34)22(4)25-10-7-13-46-35(25)45/h6-7,9-11,13,20-24,47H,8,12,14-18,44H2,1-5H3,(H2,45,46)/t20?,21?,22?,23?,24-,40+/m1/s1. The van der Waals surface area contributed by atoms with Gasteiger partial charge in [0.2, 0.25) is 0 Å². The molecule has 6 heterocycles. The molecule has 2 aromatic carbocycles. The number of ether oxygens (including phenoxy) is 3. The zero-order chi connectivity index (χ0) is 39.6. The number of rotatable bonds is 10. The van der Waals surface area contributed by atoms with E-state index in [9.17, 15) is 9.18 Å². The number of hydrogen-bond acceptors (Lipinski definition) is 13. The van der Waals surface area contributed by atoms with Gasteiger partial charge in [0.05, 0.1) is 33.0 Å². The number of carbonyl (C=O) groups excluding carboxylic acids is 1. The molecule has 5 N–H and O–H groups in total. The summed E-state index contributed by atoms with van der Waals surface area (Å²) in [4.78, 5) is 30.3. The number of benzene rings is 2. The lowest BCUT2D eigenvalue weighted by Gasteiger charge is -2.37. The largest absolute Gasteiger partial charge is 0.486 e. The van der Waals surface area contributed by atoms with Crippen molar-refractivity contribution in [2.24, 2.45) is 5.73 Å². The van der Waals surface area contributed by atoms with Gasteiger partial charge in [0.25, 0.3) is 0 Å². The van der Waals surface area contributed by atoms with Crippen molar-refractivity contribution in [3.63, 3.8) is 0 Å². The van der Waals surface area contributed by atoms with E-state index in [1.807, 2.05) is 62.9 Å². The lowest BCUT2D eigenvalue weighted by Crippen LogP contribution is -2.44. The molecule has 16 heteroatoms. The van der Waals surface area contributed by atoms with E-state index >= 15 is 4.39 Å². The molecule has 3 aromatic heterocycles. The highest BCUT2D eigenvalue weighted by atomic mass is 35.5. The second kappa shape index (κ2) is 14.7. The van der Waals surface area contributed by atoms with Gasteiger partial charge in [-0.25, -0.2) is 13.8 Å². The van der Waals surface area contributed by atoms with Crippen LogP contribution in [0.2, 0.25) is 5.02 Å². The fourth-order valence-corrected chi connectivity index (χ4v) is 10.1. The number of anilines is 3. The maximum atomic E-state index is 17.7. The van der Waals surface area contributed by atoms with Crippen LogP contribution in [0.1, 0.15) is 64.1 Å². The zero-order valence-electron chi connectivity index (χ0n) is 31.9. The Kier molecular flexibility index (Phi) is 10.1. The highest BCUT2D eigenvalue weighted by Crippen LogP contribution is 2.52. The third-order valence-corrected chi connectivity index (χ3v) is 13.2. The Bertz CT molecular complexity index is 2350. The number of aromatic nitrogens is 3. The third kappa shape index (κ3) is 6.42. The molecular formula is C40H45ClF2N8O4S. The molecular weight excluding hydrogens is 762 g/mol. The van der Waals surface area contributed by atoms with Crippen molar-refractivity contribution < 1.29 is 27.8 Å².